The zero-order chi connectivity index (χ0) is 18.8. The highest BCUT2D eigenvalue weighted by Gasteiger charge is 2.13. The molecule has 0 aliphatic heterocycles. The highest BCUT2D eigenvalue weighted by molar-refractivity contribution is 5.94. The number of hydrogen-bond acceptors (Lipinski definition) is 1. The second kappa shape index (κ2) is 7.21. The Labute approximate surface area is 156 Å². The lowest BCUT2D eigenvalue weighted by molar-refractivity contribution is 0.469. The Morgan fingerprint density at radius 3 is 1.85 bits per heavy atom. The van der Waals surface area contributed by atoms with Gasteiger partial charge < -0.3 is 5.11 Å². The van der Waals surface area contributed by atoms with Crippen molar-refractivity contribution < 1.29 is 5.11 Å². The molecule has 0 amide bonds. The minimum atomic E-state index is 0.349. The third kappa shape index (κ3) is 3.88. The number of rotatable bonds is 3. The topological polar surface area (TPSA) is 20.2 Å². The van der Waals surface area contributed by atoms with Crippen LogP contribution in [0.15, 0.2) is 54.6 Å². The van der Waals surface area contributed by atoms with Gasteiger partial charge in [0.1, 0.15) is 5.75 Å². The van der Waals surface area contributed by atoms with Crippen LogP contribution in [-0.2, 0) is 0 Å². The SMILES string of the molecule is Cc1cc(C)cc(/C=C(\c2cc(C)cc(C)c2)c2cccc(C)c2O)c1. The molecule has 0 heterocycles. The molecule has 0 atom stereocenters. The Morgan fingerprint density at radius 2 is 1.27 bits per heavy atom. The molecular weight excluding hydrogens is 316 g/mol. The standard InChI is InChI=1S/C25H26O/c1-16-9-17(2)12-21(11-16)15-24(22-13-18(3)10-19(4)14-22)23-8-6-7-20(5)25(23)26/h6-15,26H,1-5H3/b24-15+. The van der Waals surface area contributed by atoms with E-state index in [9.17, 15) is 5.11 Å². The van der Waals surface area contributed by atoms with Crippen LogP contribution in [0.1, 0.15) is 44.5 Å². The van der Waals surface area contributed by atoms with Gasteiger partial charge in [-0.05, 0) is 63.0 Å². The second-order valence-electron chi connectivity index (χ2n) is 7.33. The molecule has 3 rings (SSSR count). The van der Waals surface area contributed by atoms with Crippen molar-refractivity contribution in [3.8, 4) is 5.75 Å². The van der Waals surface area contributed by atoms with Crippen LogP contribution in [0.5, 0.6) is 5.75 Å². The smallest absolute Gasteiger partial charge is 0.126 e. The maximum absolute atomic E-state index is 10.7. The van der Waals surface area contributed by atoms with Gasteiger partial charge >= 0.3 is 0 Å². The van der Waals surface area contributed by atoms with Crippen molar-refractivity contribution in [3.05, 3.63) is 99.1 Å². The molecule has 3 aromatic carbocycles. The van der Waals surface area contributed by atoms with Gasteiger partial charge in [-0.25, -0.2) is 0 Å². The summed E-state index contributed by atoms with van der Waals surface area (Å²) in [7, 11) is 0. The number of para-hydroxylation sites is 1. The summed E-state index contributed by atoms with van der Waals surface area (Å²) in [5.41, 5.74) is 10.0. The van der Waals surface area contributed by atoms with Gasteiger partial charge in [-0.2, -0.15) is 0 Å². The van der Waals surface area contributed by atoms with E-state index in [-0.39, 0.29) is 0 Å². The van der Waals surface area contributed by atoms with Crippen LogP contribution >= 0.6 is 0 Å². The molecule has 26 heavy (non-hydrogen) atoms. The van der Waals surface area contributed by atoms with Crippen molar-refractivity contribution >= 4 is 11.6 Å². The first kappa shape index (κ1) is 18.0. The Bertz CT molecular complexity index is 953. The molecule has 0 saturated heterocycles. The van der Waals surface area contributed by atoms with Crippen molar-refractivity contribution in [2.45, 2.75) is 34.6 Å². The quantitative estimate of drug-likeness (QED) is 0.537. The summed E-state index contributed by atoms with van der Waals surface area (Å²) in [6, 6.07) is 19.0. The van der Waals surface area contributed by atoms with Crippen molar-refractivity contribution in [3.63, 3.8) is 0 Å². The molecule has 3 aromatic rings. The lowest BCUT2D eigenvalue weighted by atomic mass is 9.91. The van der Waals surface area contributed by atoms with Gasteiger partial charge in [-0.15, -0.1) is 0 Å². The van der Waals surface area contributed by atoms with Gasteiger partial charge in [0.05, 0.1) is 0 Å². The fraction of sp³-hybridized carbons (Fsp3) is 0.200. The van der Waals surface area contributed by atoms with Crippen LogP contribution < -0.4 is 0 Å². The summed E-state index contributed by atoms with van der Waals surface area (Å²) >= 11 is 0. The Kier molecular flexibility index (Phi) is 4.99. The lowest BCUT2D eigenvalue weighted by Crippen LogP contribution is -1.93. The molecule has 0 saturated carbocycles. The van der Waals surface area contributed by atoms with Crippen LogP contribution in [0.3, 0.4) is 0 Å². The van der Waals surface area contributed by atoms with Gasteiger partial charge in [0, 0.05) is 5.56 Å². The van der Waals surface area contributed by atoms with Gasteiger partial charge in [-0.1, -0.05) is 76.9 Å². The monoisotopic (exact) mass is 342 g/mol. The summed E-state index contributed by atoms with van der Waals surface area (Å²) in [5.74, 6) is 0.349. The van der Waals surface area contributed by atoms with Crippen LogP contribution in [0.2, 0.25) is 0 Å². The first-order chi connectivity index (χ1) is 12.3. The molecule has 0 aliphatic rings. The zero-order valence-electron chi connectivity index (χ0n) is 16.2. The van der Waals surface area contributed by atoms with Crippen LogP contribution in [0.4, 0.5) is 0 Å². The second-order valence-corrected chi connectivity index (χ2v) is 7.33. The largest absolute Gasteiger partial charge is 0.507 e. The van der Waals surface area contributed by atoms with Crippen molar-refractivity contribution in [1.29, 1.82) is 0 Å². The highest BCUT2D eigenvalue weighted by atomic mass is 16.3. The summed E-state index contributed by atoms with van der Waals surface area (Å²) in [6.07, 6.45) is 2.18. The van der Waals surface area contributed by atoms with E-state index in [2.05, 4.69) is 70.2 Å². The summed E-state index contributed by atoms with van der Waals surface area (Å²) in [5, 5.41) is 10.7. The summed E-state index contributed by atoms with van der Waals surface area (Å²) in [4.78, 5) is 0. The van der Waals surface area contributed by atoms with Crippen LogP contribution in [-0.4, -0.2) is 5.11 Å². The molecule has 1 heteroatoms. The predicted molar refractivity (Wildman–Crippen MR) is 112 cm³/mol. The van der Waals surface area contributed by atoms with E-state index in [0.29, 0.717) is 5.75 Å². The number of phenols is 1. The first-order valence-corrected chi connectivity index (χ1v) is 9.01. The van der Waals surface area contributed by atoms with Crippen LogP contribution in [0.25, 0.3) is 11.6 Å². The molecule has 0 aliphatic carbocycles. The molecule has 0 unspecified atom stereocenters. The maximum Gasteiger partial charge on any atom is 0.126 e. The Hall–Kier alpha value is -2.80. The molecule has 0 aromatic heterocycles. The summed E-state index contributed by atoms with van der Waals surface area (Å²) in [6.45, 7) is 10.4. The van der Waals surface area contributed by atoms with E-state index in [4.69, 9.17) is 0 Å². The first-order valence-electron chi connectivity index (χ1n) is 9.01. The highest BCUT2D eigenvalue weighted by Crippen LogP contribution is 2.35. The van der Waals surface area contributed by atoms with Gasteiger partial charge in [0.25, 0.3) is 0 Å². The normalized spacial score (nSPS) is 11.7. The fourth-order valence-electron chi connectivity index (χ4n) is 3.58. The lowest BCUT2D eigenvalue weighted by Gasteiger charge is -2.14. The van der Waals surface area contributed by atoms with Gasteiger partial charge in [0.2, 0.25) is 0 Å². The van der Waals surface area contributed by atoms with Gasteiger partial charge in [0.15, 0.2) is 0 Å². The van der Waals surface area contributed by atoms with Crippen molar-refractivity contribution in [2.75, 3.05) is 0 Å². The van der Waals surface area contributed by atoms with E-state index in [1.54, 1.807) is 0 Å². The minimum Gasteiger partial charge on any atom is -0.507 e. The zero-order valence-corrected chi connectivity index (χ0v) is 16.2. The number of aromatic hydroxyl groups is 1. The van der Waals surface area contributed by atoms with E-state index in [1.807, 2.05) is 25.1 Å². The van der Waals surface area contributed by atoms with E-state index < -0.39 is 0 Å². The number of phenolic OH excluding ortho intramolecular Hbond substituents is 1. The maximum atomic E-state index is 10.7. The Balaban J connectivity index is 2.28. The molecule has 0 spiro atoms. The van der Waals surface area contributed by atoms with Crippen LogP contribution in [0, 0.1) is 34.6 Å². The molecule has 0 radical (unpaired) electrons. The predicted octanol–water partition coefficient (Wildman–Crippen LogP) is 6.52. The average molecular weight is 342 g/mol. The fourth-order valence-corrected chi connectivity index (χ4v) is 3.58. The third-order valence-corrected chi connectivity index (χ3v) is 4.62. The molecule has 1 N–H and O–H groups in total. The van der Waals surface area contributed by atoms with E-state index >= 15 is 0 Å². The molecule has 132 valence electrons. The summed E-state index contributed by atoms with van der Waals surface area (Å²) < 4.78 is 0. The molecular formula is C25H26O. The third-order valence-electron chi connectivity index (χ3n) is 4.62. The number of aryl methyl sites for hydroxylation is 5. The Morgan fingerprint density at radius 1 is 0.731 bits per heavy atom. The van der Waals surface area contributed by atoms with E-state index in [0.717, 1.165) is 27.8 Å². The van der Waals surface area contributed by atoms with Gasteiger partial charge in [-0.3, -0.25) is 0 Å². The molecule has 1 nitrogen and oxygen atoms in total. The minimum absolute atomic E-state index is 0.349. The van der Waals surface area contributed by atoms with Crippen molar-refractivity contribution in [2.24, 2.45) is 0 Å². The molecule has 0 fully saturated rings. The number of benzene rings is 3. The van der Waals surface area contributed by atoms with E-state index in [1.165, 1.54) is 22.3 Å². The average Bonchev–Trinajstić information content (AvgIpc) is 2.54. The van der Waals surface area contributed by atoms with Crippen molar-refractivity contribution in [1.82, 2.24) is 0 Å². The molecule has 0 bridgehead atoms. The number of hydrogen-bond donors (Lipinski definition) is 1.